The molecule has 2 saturated carbocycles. The first-order chi connectivity index (χ1) is 22.4. The molecule has 5 nitrogen and oxygen atoms in total. The van der Waals surface area contributed by atoms with Gasteiger partial charge in [-0.05, 0) is 77.9 Å². The number of aliphatic hydroxyl groups is 2. The maximum atomic E-state index is 13.1. The molecule has 0 amide bonds. The lowest BCUT2D eigenvalue weighted by molar-refractivity contribution is -0.118. The van der Waals surface area contributed by atoms with Crippen LogP contribution in [0.1, 0.15) is 101 Å². The van der Waals surface area contributed by atoms with E-state index >= 15 is 0 Å². The molecule has 1 saturated heterocycles. The third-order valence-corrected chi connectivity index (χ3v) is 10.8. The lowest BCUT2D eigenvalue weighted by Gasteiger charge is -2.46. The molecule has 1 heterocycles. The third kappa shape index (κ3) is 9.14. The van der Waals surface area contributed by atoms with E-state index in [9.17, 15) is 15.0 Å². The van der Waals surface area contributed by atoms with Crippen LogP contribution in [0.3, 0.4) is 0 Å². The molecule has 0 aromatic heterocycles. The van der Waals surface area contributed by atoms with Crippen molar-refractivity contribution in [1.82, 2.24) is 0 Å². The maximum Gasteiger partial charge on any atom is 0.161 e. The fourth-order valence-electron chi connectivity index (χ4n) is 7.74. The summed E-state index contributed by atoms with van der Waals surface area (Å²) in [6.07, 6.45) is 26.9. The van der Waals surface area contributed by atoms with E-state index in [2.05, 4.69) is 77.3 Å². The van der Waals surface area contributed by atoms with Crippen molar-refractivity contribution in [2.24, 2.45) is 10.8 Å². The van der Waals surface area contributed by atoms with Crippen LogP contribution in [0.2, 0.25) is 0 Å². The van der Waals surface area contributed by atoms with Gasteiger partial charge >= 0.3 is 0 Å². The van der Waals surface area contributed by atoms with E-state index in [0.717, 1.165) is 23.1 Å². The average Bonchev–Trinajstić information content (AvgIpc) is 3.60. The van der Waals surface area contributed by atoms with Crippen LogP contribution in [0.5, 0.6) is 0 Å². The number of hydrogen-bond acceptors (Lipinski definition) is 5. The van der Waals surface area contributed by atoms with Crippen LogP contribution in [-0.2, 0) is 14.3 Å². The topological polar surface area (TPSA) is 79.3 Å². The maximum absolute atomic E-state index is 13.1. The van der Waals surface area contributed by atoms with Gasteiger partial charge in [0.05, 0.1) is 23.4 Å². The van der Waals surface area contributed by atoms with E-state index in [-0.39, 0.29) is 22.7 Å². The number of epoxide rings is 1. The number of Topliss-reactive ketones (excluding diaryl/α,β-unsaturated/α-hetero) is 1. The van der Waals surface area contributed by atoms with Crippen molar-refractivity contribution in [3.8, 4) is 0 Å². The molecule has 0 bridgehead atoms. The number of methoxy groups -OCH3 is 1. The number of hydrogen-bond donors (Lipinski definition) is 2. The van der Waals surface area contributed by atoms with Crippen molar-refractivity contribution in [3.05, 3.63) is 113 Å². The highest BCUT2D eigenvalue weighted by Crippen LogP contribution is 2.67. The van der Waals surface area contributed by atoms with Crippen molar-refractivity contribution in [2.75, 3.05) is 7.11 Å². The number of rotatable bonds is 13. The molecule has 0 radical (unpaired) electrons. The van der Waals surface area contributed by atoms with Crippen LogP contribution in [0.15, 0.2) is 113 Å². The van der Waals surface area contributed by atoms with Gasteiger partial charge in [-0.25, -0.2) is 0 Å². The normalized spacial score (nSPS) is 34.5. The molecule has 5 heteroatoms. The Morgan fingerprint density at radius 1 is 0.875 bits per heavy atom. The molecule has 2 N–H and O–H groups in total. The van der Waals surface area contributed by atoms with Gasteiger partial charge in [0.25, 0.3) is 0 Å². The summed E-state index contributed by atoms with van der Waals surface area (Å²) in [6.45, 7) is 22.4. The Kier molecular flexibility index (Phi) is 12.9. The van der Waals surface area contributed by atoms with Gasteiger partial charge in [-0.2, -0.15) is 0 Å². The molecular formula is C43H60O5. The Balaban J connectivity index is 1.52. The Labute approximate surface area is 290 Å². The zero-order chi connectivity index (χ0) is 36.0. The molecule has 3 rings (SSSR count). The second-order valence-electron chi connectivity index (χ2n) is 15.5. The standard InChI is InChI=1S/C43H60O5/c1-12-40(8)27-36(45)28-41(9,47-11)38(40)25-17-23-33(4)21-15-20-31(2)18-13-14-19-32(3)22-16-24-34(5)37(46)30-43-39(6,7)26-35(44)29-42(43,10)48-43/h12-22,24,35-36,44-45H,1,23,26-30H2,2-11H3. The van der Waals surface area contributed by atoms with Gasteiger partial charge in [0.2, 0.25) is 0 Å². The molecule has 1 aliphatic heterocycles. The van der Waals surface area contributed by atoms with Crippen molar-refractivity contribution in [1.29, 1.82) is 0 Å². The van der Waals surface area contributed by atoms with Crippen molar-refractivity contribution >= 4 is 5.78 Å². The molecule has 0 aromatic rings. The Bertz CT molecular complexity index is 1500. The van der Waals surface area contributed by atoms with Crippen LogP contribution in [-0.4, -0.2) is 52.1 Å². The van der Waals surface area contributed by atoms with E-state index in [1.165, 1.54) is 5.57 Å². The highest BCUT2D eigenvalue weighted by Gasteiger charge is 2.76. The number of aliphatic hydroxyl groups excluding tert-OH is 2. The van der Waals surface area contributed by atoms with Crippen molar-refractivity contribution in [2.45, 2.75) is 130 Å². The molecule has 0 spiro atoms. The van der Waals surface area contributed by atoms with Crippen LogP contribution in [0.4, 0.5) is 0 Å². The summed E-state index contributed by atoms with van der Waals surface area (Å²) in [6, 6.07) is 0. The minimum absolute atomic E-state index is 0.0912. The molecule has 0 aromatic carbocycles. The van der Waals surface area contributed by atoms with E-state index < -0.39 is 22.9 Å². The molecule has 3 fully saturated rings. The predicted octanol–water partition coefficient (Wildman–Crippen LogP) is 9.33. The Morgan fingerprint density at radius 2 is 1.46 bits per heavy atom. The summed E-state index contributed by atoms with van der Waals surface area (Å²) < 4.78 is 12.0. The number of allylic oxidation sites excluding steroid dienone is 15. The van der Waals surface area contributed by atoms with Gasteiger partial charge < -0.3 is 19.7 Å². The minimum Gasteiger partial charge on any atom is -0.393 e. The van der Waals surface area contributed by atoms with E-state index in [1.807, 2.05) is 70.2 Å². The molecule has 3 aliphatic rings. The minimum atomic E-state index is -0.571. The van der Waals surface area contributed by atoms with Gasteiger partial charge in [-0.3, -0.25) is 4.79 Å². The number of carbonyl (C=O) groups excluding carboxylic acids is 1. The zero-order valence-electron chi connectivity index (χ0n) is 31.2. The number of fused-ring (bicyclic) bond motifs is 1. The number of ether oxygens (including phenoxy) is 2. The molecule has 262 valence electrons. The van der Waals surface area contributed by atoms with Gasteiger partial charge in [-0.15, -0.1) is 12.3 Å². The summed E-state index contributed by atoms with van der Waals surface area (Å²) in [5.41, 5.74) is 6.56. The van der Waals surface area contributed by atoms with E-state index in [1.54, 1.807) is 7.11 Å². The lowest BCUT2D eigenvalue weighted by Crippen LogP contribution is -2.48. The summed E-state index contributed by atoms with van der Waals surface area (Å²) in [4.78, 5) is 13.1. The summed E-state index contributed by atoms with van der Waals surface area (Å²) in [5.74, 6) is 0.0912. The van der Waals surface area contributed by atoms with Crippen molar-refractivity contribution < 1.29 is 24.5 Å². The second-order valence-corrected chi connectivity index (χ2v) is 15.5. The molecule has 2 aliphatic carbocycles. The SMILES string of the molecule is C=CC1(C)CC(O)CC(C)(OC)C1=C=CCC(C)=CC=CC(C)=CC=CC=C(C)C=CC=C(C)C(=O)CC12OC1(C)CC(O)CC2(C)C. The van der Waals surface area contributed by atoms with Crippen LogP contribution < -0.4 is 0 Å². The highest BCUT2D eigenvalue weighted by atomic mass is 16.6. The van der Waals surface area contributed by atoms with Crippen LogP contribution in [0.25, 0.3) is 0 Å². The van der Waals surface area contributed by atoms with Gasteiger partial charge in [-0.1, -0.05) is 104 Å². The largest absolute Gasteiger partial charge is 0.393 e. The Hall–Kier alpha value is -3.05. The van der Waals surface area contributed by atoms with Gasteiger partial charge in [0.15, 0.2) is 5.78 Å². The fourth-order valence-corrected chi connectivity index (χ4v) is 7.74. The lowest BCUT2D eigenvalue weighted by atomic mass is 9.61. The summed E-state index contributed by atoms with van der Waals surface area (Å²) >= 11 is 0. The van der Waals surface area contributed by atoms with Crippen LogP contribution >= 0.6 is 0 Å². The Morgan fingerprint density at radius 3 is 2.02 bits per heavy atom. The quantitative estimate of drug-likeness (QED) is 0.0679. The molecular weight excluding hydrogens is 596 g/mol. The van der Waals surface area contributed by atoms with Gasteiger partial charge in [0.1, 0.15) is 5.60 Å². The first kappa shape index (κ1) is 39.4. The second kappa shape index (κ2) is 15.7. The fraction of sp³-hybridized carbons (Fsp3) is 0.535. The summed E-state index contributed by atoms with van der Waals surface area (Å²) in [5, 5.41) is 20.7. The van der Waals surface area contributed by atoms with Crippen LogP contribution in [0, 0.1) is 10.8 Å². The first-order valence-corrected chi connectivity index (χ1v) is 17.3. The first-order valence-electron chi connectivity index (χ1n) is 17.3. The average molecular weight is 657 g/mol. The van der Waals surface area contributed by atoms with E-state index in [4.69, 9.17) is 9.47 Å². The zero-order valence-corrected chi connectivity index (χ0v) is 31.2. The molecule has 6 unspecified atom stereocenters. The number of carbonyl (C=O) groups is 1. The summed E-state index contributed by atoms with van der Waals surface area (Å²) in [7, 11) is 1.69. The third-order valence-electron chi connectivity index (χ3n) is 10.8. The number of ketones is 1. The molecule has 6 atom stereocenters. The van der Waals surface area contributed by atoms with E-state index in [0.29, 0.717) is 37.7 Å². The molecule has 48 heavy (non-hydrogen) atoms. The van der Waals surface area contributed by atoms with Crippen molar-refractivity contribution in [3.63, 3.8) is 0 Å². The highest BCUT2D eigenvalue weighted by molar-refractivity contribution is 5.96. The smallest absolute Gasteiger partial charge is 0.161 e. The monoisotopic (exact) mass is 656 g/mol. The predicted molar refractivity (Wildman–Crippen MR) is 198 cm³/mol. The van der Waals surface area contributed by atoms with Gasteiger partial charge in [0, 0.05) is 37.4 Å².